The second-order valence-corrected chi connectivity index (χ2v) is 5.58. The Morgan fingerprint density at radius 1 is 1.19 bits per heavy atom. The van der Waals surface area contributed by atoms with Crippen molar-refractivity contribution in [3.05, 3.63) is 48.3 Å². The van der Waals surface area contributed by atoms with Gasteiger partial charge in [-0.25, -0.2) is 9.97 Å². The van der Waals surface area contributed by atoms with Gasteiger partial charge in [0.05, 0.1) is 23.2 Å². The molecule has 0 N–H and O–H groups in total. The first-order valence-corrected chi connectivity index (χ1v) is 7.79. The van der Waals surface area contributed by atoms with E-state index in [1.165, 1.54) is 11.1 Å². The summed E-state index contributed by atoms with van der Waals surface area (Å²) in [6, 6.07) is 6.39. The summed E-state index contributed by atoms with van der Waals surface area (Å²) in [4.78, 5) is 8.69. The lowest BCUT2D eigenvalue weighted by Gasteiger charge is -2.08. The van der Waals surface area contributed by atoms with Crippen LogP contribution in [-0.4, -0.2) is 19.1 Å². The van der Waals surface area contributed by atoms with E-state index in [0.717, 1.165) is 37.3 Å². The van der Waals surface area contributed by atoms with Crippen molar-refractivity contribution in [2.75, 3.05) is 0 Å². The first-order valence-electron chi connectivity index (χ1n) is 7.25. The molecule has 0 amide bonds. The molecule has 2 heterocycles. The molecule has 0 fully saturated rings. The van der Waals surface area contributed by atoms with Gasteiger partial charge in [-0.15, -0.1) is 11.6 Å². The van der Waals surface area contributed by atoms with Crippen molar-refractivity contribution in [3.63, 3.8) is 0 Å². The highest BCUT2D eigenvalue weighted by atomic mass is 35.5. The molecule has 0 spiro atoms. The molecule has 0 radical (unpaired) electrons. The van der Waals surface area contributed by atoms with Gasteiger partial charge in [-0.3, -0.25) is 0 Å². The zero-order valence-electron chi connectivity index (χ0n) is 12.2. The van der Waals surface area contributed by atoms with Crippen LogP contribution in [0, 0.1) is 6.92 Å². The molecule has 4 nitrogen and oxygen atoms in total. The Morgan fingerprint density at radius 2 is 2.05 bits per heavy atom. The molecular weight excluding hydrogens is 284 g/mol. The van der Waals surface area contributed by atoms with Gasteiger partial charge >= 0.3 is 0 Å². The minimum atomic E-state index is 0.454. The SMILES string of the molecule is Cc1ccc2c(c1)nc(CCl)n2CCCCn1ccnc1. The van der Waals surface area contributed by atoms with Gasteiger partial charge in [0.2, 0.25) is 0 Å². The number of unbranched alkanes of at least 4 members (excludes halogenated alkanes) is 1. The van der Waals surface area contributed by atoms with Gasteiger partial charge in [-0.05, 0) is 37.5 Å². The molecule has 0 aliphatic rings. The lowest BCUT2D eigenvalue weighted by molar-refractivity contribution is 0.552. The molecule has 2 aromatic heterocycles. The van der Waals surface area contributed by atoms with Gasteiger partial charge in [-0.2, -0.15) is 0 Å². The standard InChI is InChI=1S/C16H19ClN4/c1-13-4-5-15-14(10-13)19-16(11-17)21(15)8-3-2-7-20-9-6-18-12-20/h4-6,9-10,12H,2-3,7-8,11H2,1H3. The Labute approximate surface area is 129 Å². The second-order valence-electron chi connectivity index (χ2n) is 5.31. The van der Waals surface area contributed by atoms with Crippen molar-refractivity contribution < 1.29 is 0 Å². The third-order valence-corrected chi connectivity index (χ3v) is 3.95. The fourth-order valence-electron chi connectivity index (χ4n) is 2.62. The molecule has 0 bridgehead atoms. The highest BCUT2D eigenvalue weighted by Gasteiger charge is 2.09. The Kier molecular flexibility index (Phi) is 4.25. The normalized spacial score (nSPS) is 11.3. The van der Waals surface area contributed by atoms with Crippen LogP contribution in [0.3, 0.4) is 0 Å². The van der Waals surface area contributed by atoms with Crippen LogP contribution in [0.25, 0.3) is 11.0 Å². The van der Waals surface area contributed by atoms with Crippen LogP contribution in [0.4, 0.5) is 0 Å². The molecule has 3 rings (SSSR count). The quantitative estimate of drug-likeness (QED) is 0.513. The minimum absolute atomic E-state index is 0.454. The van der Waals surface area contributed by atoms with E-state index in [2.05, 4.69) is 44.2 Å². The van der Waals surface area contributed by atoms with Crippen LogP contribution < -0.4 is 0 Å². The van der Waals surface area contributed by atoms with Crippen LogP contribution in [0.5, 0.6) is 0 Å². The molecule has 0 aliphatic heterocycles. The number of aryl methyl sites for hydroxylation is 3. The summed E-state index contributed by atoms with van der Waals surface area (Å²) in [6.07, 6.45) is 7.89. The third kappa shape index (κ3) is 3.10. The monoisotopic (exact) mass is 302 g/mol. The predicted molar refractivity (Wildman–Crippen MR) is 85.5 cm³/mol. The molecule has 21 heavy (non-hydrogen) atoms. The highest BCUT2D eigenvalue weighted by molar-refractivity contribution is 6.16. The van der Waals surface area contributed by atoms with E-state index in [0.29, 0.717) is 5.88 Å². The van der Waals surface area contributed by atoms with Crippen molar-refractivity contribution >= 4 is 22.6 Å². The molecule has 3 aromatic rings. The summed E-state index contributed by atoms with van der Waals surface area (Å²) in [6.45, 7) is 4.04. The average molecular weight is 303 g/mol. The van der Waals surface area contributed by atoms with Gasteiger partial charge in [-0.1, -0.05) is 6.07 Å². The second kappa shape index (κ2) is 6.31. The number of hydrogen-bond acceptors (Lipinski definition) is 2. The fraction of sp³-hybridized carbons (Fsp3) is 0.375. The number of rotatable bonds is 6. The molecule has 110 valence electrons. The summed E-state index contributed by atoms with van der Waals surface area (Å²) in [5.74, 6) is 1.41. The summed E-state index contributed by atoms with van der Waals surface area (Å²) in [7, 11) is 0. The summed E-state index contributed by atoms with van der Waals surface area (Å²) < 4.78 is 4.35. The minimum Gasteiger partial charge on any atom is -0.337 e. The van der Waals surface area contributed by atoms with Gasteiger partial charge in [0.15, 0.2) is 0 Å². The van der Waals surface area contributed by atoms with E-state index < -0.39 is 0 Å². The van der Waals surface area contributed by atoms with Crippen molar-refractivity contribution in [2.45, 2.75) is 38.7 Å². The van der Waals surface area contributed by atoms with Crippen LogP contribution in [0.15, 0.2) is 36.9 Å². The molecule has 0 saturated carbocycles. The smallest absolute Gasteiger partial charge is 0.124 e. The Hall–Kier alpha value is -1.81. The number of imidazole rings is 2. The summed E-state index contributed by atoms with van der Waals surface area (Å²) in [5.41, 5.74) is 3.45. The molecule has 0 aliphatic carbocycles. The zero-order valence-corrected chi connectivity index (χ0v) is 12.9. The van der Waals surface area contributed by atoms with Crippen LogP contribution in [-0.2, 0) is 19.0 Å². The van der Waals surface area contributed by atoms with Crippen molar-refractivity contribution in [3.8, 4) is 0 Å². The molecule has 0 atom stereocenters. The Morgan fingerprint density at radius 3 is 2.81 bits per heavy atom. The third-order valence-electron chi connectivity index (χ3n) is 3.71. The number of fused-ring (bicyclic) bond motifs is 1. The average Bonchev–Trinajstić information content (AvgIpc) is 3.10. The maximum absolute atomic E-state index is 6.04. The first kappa shape index (κ1) is 14.1. The molecule has 0 unspecified atom stereocenters. The van der Waals surface area contributed by atoms with Crippen molar-refractivity contribution in [1.29, 1.82) is 0 Å². The highest BCUT2D eigenvalue weighted by Crippen LogP contribution is 2.19. The number of alkyl halides is 1. The van der Waals surface area contributed by atoms with Crippen LogP contribution >= 0.6 is 11.6 Å². The number of hydrogen-bond donors (Lipinski definition) is 0. The van der Waals surface area contributed by atoms with E-state index in [9.17, 15) is 0 Å². The van der Waals surface area contributed by atoms with Crippen LogP contribution in [0.1, 0.15) is 24.2 Å². The topological polar surface area (TPSA) is 35.6 Å². The van der Waals surface area contributed by atoms with E-state index in [1.54, 1.807) is 0 Å². The van der Waals surface area contributed by atoms with Crippen molar-refractivity contribution in [1.82, 2.24) is 19.1 Å². The lowest BCUT2D eigenvalue weighted by Crippen LogP contribution is -2.04. The number of nitrogens with zero attached hydrogens (tertiary/aromatic N) is 4. The molecular formula is C16H19ClN4. The predicted octanol–water partition coefficient (Wildman–Crippen LogP) is 3.76. The Balaban J connectivity index is 1.70. The molecule has 0 saturated heterocycles. The van der Waals surface area contributed by atoms with E-state index in [-0.39, 0.29) is 0 Å². The number of benzene rings is 1. The molecule has 1 aromatic carbocycles. The summed E-state index contributed by atoms with van der Waals surface area (Å²) in [5, 5.41) is 0. The van der Waals surface area contributed by atoms with Gasteiger partial charge in [0.25, 0.3) is 0 Å². The zero-order chi connectivity index (χ0) is 14.7. The van der Waals surface area contributed by atoms with Crippen LogP contribution in [0.2, 0.25) is 0 Å². The Bertz CT molecular complexity index is 715. The number of aromatic nitrogens is 4. The van der Waals surface area contributed by atoms with E-state index >= 15 is 0 Å². The van der Waals surface area contributed by atoms with E-state index in [4.69, 9.17) is 11.6 Å². The van der Waals surface area contributed by atoms with Gasteiger partial charge in [0.1, 0.15) is 5.82 Å². The lowest BCUT2D eigenvalue weighted by atomic mass is 10.2. The van der Waals surface area contributed by atoms with Gasteiger partial charge in [0, 0.05) is 25.5 Å². The maximum atomic E-state index is 6.04. The maximum Gasteiger partial charge on any atom is 0.124 e. The summed E-state index contributed by atoms with van der Waals surface area (Å²) >= 11 is 6.04. The van der Waals surface area contributed by atoms with Gasteiger partial charge < -0.3 is 9.13 Å². The fourth-order valence-corrected chi connectivity index (χ4v) is 2.83. The van der Waals surface area contributed by atoms with E-state index in [1.807, 2.05) is 18.7 Å². The largest absolute Gasteiger partial charge is 0.337 e. The number of halogens is 1. The molecule has 5 heteroatoms. The van der Waals surface area contributed by atoms with Crippen molar-refractivity contribution in [2.24, 2.45) is 0 Å². The first-order chi connectivity index (χ1) is 10.3.